The lowest BCUT2D eigenvalue weighted by Gasteiger charge is -2.26. The topological polar surface area (TPSA) is 117 Å². The maximum atomic E-state index is 13.5. The summed E-state index contributed by atoms with van der Waals surface area (Å²) in [7, 11) is 0. The van der Waals surface area contributed by atoms with Crippen LogP contribution in [0.4, 0.5) is 20.6 Å². The summed E-state index contributed by atoms with van der Waals surface area (Å²) < 4.78 is 18.5. The second-order valence-electron chi connectivity index (χ2n) is 8.95. The molecule has 1 atom stereocenters. The predicted octanol–water partition coefficient (Wildman–Crippen LogP) is 5.21. The minimum absolute atomic E-state index is 0.180. The van der Waals surface area contributed by atoms with Crippen LogP contribution in [0.3, 0.4) is 0 Å². The van der Waals surface area contributed by atoms with E-state index in [-0.39, 0.29) is 18.2 Å². The van der Waals surface area contributed by atoms with Crippen molar-refractivity contribution in [2.24, 2.45) is 4.99 Å². The zero-order valence-electron chi connectivity index (χ0n) is 21.1. The molecule has 0 saturated carbocycles. The van der Waals surface area contributed by atoms with Gasteiger partial charge in [0.2, 0.25) is 0 Å². The number of anilines is 2. The number of urea groups is 1. The Morgan fingerprint density at radius 3 is 2.30 bits per heavy atom. The number of amidine groups is 1. The summed E-state index contributed by atoms with van der Waals surface area (Å²) in [6.07, 6.45) is 1.12. The van der Waals surface area contributed by atoms with Gasteiger partial charge in [0, 0.05) is 11.3 Å². The van der Waals surface area contributed by atoms with Crippen LogP contribution in [0.5, 0.6) is 0 Å². The van der Waals surface area contributed by atoms with E-state index < -0.39 is 17.4 Å². The Morgan fingerprint density at radius 2 is 1.70 bits per heavy atom. The fourth-order valence-electron chi connectivity index (χ4n) is 4.44. The maximum Gasteiger partial charge on any atom is 0.323 e. The number of hydrogen-bond acceptors (Lipinski definition) is 6. The predicted molar refractivity (Wildman–Crippen MR) is 137 cm³/mol. The number of nitrogens with one attached hydrogen (secondary N) is 2. The molecule has 1 aliphatic rings. The number of hydrogen-bond donors (Lipinski definition) is 2. The number of Topliss-reactive ketones (excluding diaryl/α,β-unsaturated/α-hetero) is 1. The van der Waals surface area contributed by atoms with E-state index in [4.69, 9.17) is 4.52 Å². The van der Waals surface area contributed by atoms with Crippen molar-refractivity contribution in [3.63, 3.8) is 0 Å². The molecule has 0 aliphatic carbocycles. The van der Waals surface area contributed by atoms with E-state index in [1.54, 1.807) is 57.2 Å². The zero-order chi connectivity index (χ0) is 26.7. The van der Waals surface area contributed by atoms with Crippen molar-refractivity contribution >= 4 is 34.9 Å². The quantitative estimate of drug-likeness (QED) is 0.408. The van der Waals surface area contributed by atoms with Gasteiger partial charge >= 0.3 is 6.03 Å². The molecule has 2 aromatic carbocycles. The molecule has 4 rings (SSSR count). The van der Waals surface area contributed by atoms with E-state index in [1.165, 1.54) is 17.0 Å². The van der Waals surface area contributed by atoms with Gasteiger partial charge in [0.25, 0.3) is 5.91 Å². The Labute approximate surface area is 213 Å². The van der Waals surface area contributed by atoms with Gasteiger partial charge in [-0.1, -0.05) is 30.6 Å². The average Bonchev–Trinajstić information content (AvgIpc) is 3.31. The van der Waals surface area contributed by atoms with E-state index in [0.717, 1.165) is 0 Å². The molecule has 0 spiro atoms. The van der Waals surface area contributed by atoms with Crippen LogP contribution >= 0.6 is 0 Å². The summed E-state index contributed by atoms with van der Waals surface area (Å²) >= 11 is 0. The fourth-order valence-corrected chi connectivity index (χ4v) is 4.44. The molecule has 0 fully saturated rings. The molecule has 0 bridgehead atoms. The van der Waals surface area contributed by atoms with Crippen molar-refractivity contribution in [3.8, 4) is 0 Å². The molecule has 2 N–H and O–H groups in total. The number of carbonyl (C=O) groups is 3. The molecule has 1 aliphatic heterocycles. The van der Waals surface area contributed by atoms with Gasteiger partial charge in [-0.2, -0.15) is 0 Å². The van der Waals surface area contributed by atoms with Crippen molar-refractivity contribution in [2.75, 3.05) is 17.2 Å². The first-order valence-electron chi connectivity index (χ1n) is 11.9. The summed E-state index contributed by atoms with van der Waals surface area (Å²) in [6, 6.07) is 11.7. The highest BCUT2D eigenvalue weighted by molar-refractivity contribution is 6.11. The van der Waals surface area contributed by atoms with Gasteiger partial charge in [-0.3, -0.25) is 19.5 Å². The molecule has 3 amide bonds. The normalized spacial score (nSPS) is 17.1. The minimum atomic E-state index is -1.17. The van der Waals surface area contributed by atoms with Crippen LogP contribution in [-0.2, 0) is 10.3 Å². The molecule has 3 aromatic rings. The molecule has 0 saturated heterocycles. The second kappa shape index (κ2) is 10.3. The molecule has 1 aromatic heterocycles. The number of rotatable bonds is 8. The highest BCUT2D eigenvalue weighted by atomic mass is 19.1. The molecule has 1 unspecified atom stereocenters. The van der Waals surface area contributed by atoms with E-state index in [0.29, 0.717) is 52.6 Å². The Balaban J connectivity index is 1.44. The summed E-state index contributed by atoms with van der Waals surface area (Å²) in [5, 5.41) is 9.17. The van der Waals surface area contributed by atoms with Crippen molar-refractivity contribution in [3.05, 3.63) is 76.9 Å². The Hall–Kier alpha value is -4.34. The number of halogens is 1. The maximum absolute atomic E-state index is 13.5. The highest BCUT2D eigenvalue weighted by Gasteiger charge is 2.48. The van der Waals surface area contributed by atoms with E-state index in [9.17, 15) is 18.8 Å². The number of nitrogens with zero attached hydrogens (tertiary/aromatic N) is 3. The van der Waals surface area contributed by atoms with Gasteiger partial charge in [-0.15, -0.1) is 0 Å². The van der Waals surface area contributed by atoms with Gasteiger partial charge in [0.15, 0.2) is 17.1 Å². The van der Waals surface area contributed by atoms with Crippen molar-refractivity contribution < 1.29 is 23.3 Å². The van der Waals surface area contributed by atoms with Crippen molar-refractivity contribution in [1.82, 2.24) is 10.1 Å². The number of aromatic nitrogens is 1. The van der Waals surface area contributed by atoms with Gasteiger partial charge < -0.3 is 15.2 Å². The number of ketones is 1. The summed E-state index contributed by atoms with van der Waals surface area (Å²) in [5.74, 6) is -0.0495. The Morgan fingerprint density at radius 1 is 1.03 bits per heavy atom. The lowest BCUT2D eigenvalue weighted by atomic mass is 9.85. The monoisotopic (exact) mass is 505 g/mol. The van der Waals surface area contributed by atoms with Crippen LogP contribution < -0.4 is 10.6 Å². The van der Waals surface area contributed by atoms with Crippen molar-refractivity contribution in [2.45, 2.75) is 46.1 Å². The first-order valence-corrected chi connectivity index (χ1v) is 11.9. The number of carbonyl (C=O) groups excluding carboxylic acids is 3. The van der Waals surface area contributed by atoms with Gasteiger partial charge in [-0.05, 0) is 69.2 Å². The zero-order valence-corrected chi connectivity index (χ0v) is 21.1. The molecular formula is C27H28FN5O4. The number of benzene rings is 2. The first kappa shape index (κ1) is 25.7. The third kappa shape index (κ3) is 5.13. The van der Waals surface area contributed by atoms with Crippen LogP contribution in [0.15, 0.2) is 58.0 Å². The Bertz CT molecular complexity index is 1340. The molecule has 192 valence electrons. The molecule has 2 heterocycles. The minimum Gasteiger partial charge on any atom is -0.359 e. The third-order valence-electron chi connectivity index (χ3n) is 6.31. The van der Waals surface area contributed by atoms with Gasteiger partial charge in [0.1, 0.15) is 23.0 Å². The van der Waals surface area contributed by atoms with Crippen LogP contribution in [0.2, 0.25) is 0 Å². The highest BCUT2D eigenvalue weighted by Crippen LogP contribution is 2.38. The summed E-state index contributed by atoms with van der Waals surface area (Å²) in [6.45, 7) is 6.87. The van der Waals surface area contributed by atoms with Crippen molar-refractivity contribution in [1.29, 1.82) is 0 Å². The third-order valence-corrected chi connectivity index (χ3v) is 6.31. The van der Waals surface area contributed by atoms with Crippen LogP contribution in [0, 0.1) is 19.7 Å². The standard InChI is InChI=1S/C27H28FN5O4/c1-5-14-27(20-8-10-21(28)11-9-20)25(35)33(18(4)31-27)15-23(34)19-6-12-22(13-7-19)29-26(36)30-24-16(2)32-37-17(24)3/h6-13H,5,14-15H2,1-4H3,(H2,29,30,36). The molecule has 9 nitrogen and oxygen atoms in total. The summed E-state index contributed by atoms with van der Waals surface area (Å²) in [5.41, 5.74) is 1.35. The molecule has 10 heteroatoms. The lowest BCUT2D eigenvalue weighted by Crippen LogP contribution is -2.43. The van der Waals surface area contributed by atoms with E-state index in [1.807, 2.05) is 6.92 Å². The number of amides is 3. The Kier molecular flexibility index (Phi) is 7.19. The average molecular weight is 506 g/mol. The van der Waals surface area contributed by atoms with Crippen LogP contribution in [-0.4, -0.2) is 40.2 Å². The number of aliphatic imine (C=N–C) groups is 1. The molecular weight excluding hydrogens is 477 g/mol. The molecule has 37 heavy (non-hydrogen) atoms. The smallest absolute Gasteiger partial charge is 0.323 e. The number of aryl methyl sites for hydroxylation is 2. The fraction of sp³-hybridized carbons (Fsp3) is 0.296. The summed E-state index contributed by atoms with van der Waals surface area (Å²) in [4.78, 5) is 44.9. The van der Waals surface area contributed by atoms with Gasteiger partial charge in [0.05, 0.1) is 6.54 Å². The molecule has 0 radical (unpaired) electrons. The SMILES string of the molecule is CCCC1(c2ccc(F)cc2)N=C(C)N(CC(=O)c2ccc(NC(=O)Nc3c(C)noc3C)cc2)C1=O. The van der Waals surface area contributed by atoms with E-state index >= 15 is 0 Å². The van der Waals surface area contributed by atoms with Gasteiger partial charge in [-0.25, -0.2) is 9.18 Å². The first-order chi connectivity index (χ1) is 17.6. The van der Waals surface area contributed by atoms with Crippen LogP contribution in [0.1, 0.15) is 54.1 Å². The van der Waals surface area contributed by atoms with Crippen LogP contribution in [0.25, 0.3) is 0 Å². The van der Waals surface area contributed by atoms with E-state index in [2.05, 4.69) is 20.8 Å². The lowest BCUT2D eigenvalue weighted by molar-refractivity contribution is -0.131. The second-order valence-corrected chi connectivity index (χ2v) is 8.95. The largest absolute Gasteiger partial charge is 0.359 e.